The minimum atomic E-state index is -0.128. The van der Waals surface area contributed by atoms with Gasteiger partial charge in [-0.3, -0.25) is 14.5 Å². The molecule has 20 heavy (non-hydrogen) atoms. The van der Waals surface area contributed by atoms with E-state index >= 15 is 0 Å². The lowest BCUT2D eigenvalue weighted by Crippen LogP contribution is -2.36. The second-order valence-electron chi connectivity index (χ2n) is 5.48. The van der Waals surface area contributed by atoms with Crippen LogP contribution in [0.1, 0.15) is 28.7 Å². The number of aryl methyl sites for hydroxylation is 1. The van der Waals surface area contributed by atoms with Crippen LogP contribution in [0.3, 0.4) is 0 Å². The Kier molecular flexibility index (Phi) is 5.51. The lowest BCUT2D eigenvalue weighted by molar-refractivity contribution is -0.124. The molecule has 1 aromatic heterocycles. The summed E-state index contributed by atoms with van der Waals surface area (Å²) >= 11 is 0. The number of aromatic nitrogens is 1. The van der Waals surface area contributed by atoms with Gasteiger partial charge in [0.15, 0.2) is 5.78 Å². The average Bonchev–Trinajstić information content (AvgIpc) is 2.65. The summed E-state index contributed by atoms with van der Waals surface area (Å²) in [6.07, 6.45) is 0. The normalized spacial score (nSPS) is 12.6. The van der Waals surface area contributed by atoms with Gasteiger partial charge in [0.25, 0.3) is 0 Å². The van der Waals surface area contributed by atoms with Gasteiger partial charge in [0.1, 0.15) is 0 Å². The predicted molar refractivity (Wildman–Crippen MR) is 79.9 cm³/mol. The molecule has 1 unspecified atom stereocenters. The lowest BCUT2D eigenvalue weighted by atomic mass is 10.1. The first kappa shape index (κ1) is 16.4. The molecule has 1 rings (SSSR count). The van der Waals surface area contributed by atoms with E-state index in [1.165, 1.54) is 0 Å². The number of hydrogen-bond acceptors (Lipinski definition) is 3. The maximum atomic E-state index is 12.3. The summed E-state index contributed by atoms with van der Waals surface area (Å²) in [5, 5.41) is 2.62. The van der Waals surface area contributed by atoms with Gasteiger partial charge in [0, 0.05) is 43.5 Å². The molecule has 0 aliphatic rings. The van der Waals surface area contributed by atoms with Crippen LogP contribution in [-0.4, -0.2) is 48.3 Å². The molecule has 0 spiro atoms. The first-order valence-corrected chi connectivity index (χ1v) is 6.84. The van der Waals surface area contributed by atoms with Gasteiger partial charge in [0.05, 0.1) is 6.54 Å². The van der Waals surface area contributed by atoms with Crippen molar-refractivity contribution in [1.29, 1.82) is 0 Å². The first-order chi connectivity index (χ1) is 9.27. The van der Waals surface area contributed by atoms with Crippen LogP contribution in [0.5, 0.6) is 0 Å². The molecule has 0 radical (unpaired) electrons. The molecule has 0 bridgehead atoms. The van der Waals surface area contributed by atoms with Gasteiger partial charge < -0.3 is 9.88 Å². The second kappa shape index (κ2) is 6.70. The number of rotatable bonds is 6. The summed E-state index contributed by atoms with van der Waals surface area (Å²) in [6, 6.07) is 1.92. The topological polar surface area (TPSA) is 54.3 Å². The summed E-state index contributed by atoms with van der Waals surface area (Å²) in [4.78, 5) is 25.7. The minimum absolute atomic E-state index is 0.00367. The number of nitrogens with one attached hydrogen (secondary N) is 1. The number of carbonyl (C=O) groups excluding carboxylic acids is 2. The van der Waals surface area contributed by atoms with E-state index in [2.05, 4.69) is 5.32 Å². The molecule has 112 valence electrons. The molecule has 1 N–H and O–H groups in total. The quantitative estimate of drug-likeness (QED) is 0.795. The van der Waals surface area contributed by atoms with E-state index in [4.69, 9.17) is 0 Å². The summed E-state index contributed by atoms with van der Waals surface area (Å²) < 4.78 is 2.01. The highest BCUT2D eigenvalue weighted by Crippen LogP contribution is 2.14. The lowest BCUT2D eigenvalue weighted by Gasteiger charge is -2.19. The first-order valence-electron chi connectivity index (χ1n) is 6.84. The number of Topliss-reactive ketones (excluding diaryl/α,β-unsaturated/α-hetero) is 1. The number of ketones is 1. The standard InChI is InChI=1S/C15H25N3O2/c1-10(15(20)16-4)8-17(5)9-14(19)13-7-11(2)18(6)12(13)3/h7,10H,8-9H2,1-6H3,(H,16,20). The number of carbonyl (C=O) groups is 2. The van der Waals surface area contributed by atoms with E-state index in [0.717, 1.165) is 17.0 Å². The Hall–Kier alpha value is -1.62. The van der Waals surface area contributed by atoms with E-state index in [-0.39, 0.29) is 17.6 Å². The van der Waals surface area contributed by atoms with E-state index < -0.39 is 0 Å². The maximum absolute atomic E-state index is 12.3. The van der Waals surface area contributed by atoms with Crippen LogP contribution in [0.2, 0.25) is 0 Å². The molecular weight excluding hydrogens is 254 g/mol. The highest BCUT2D eigenvalue weighted by atomic mass is 16.2. The zero-order valence-corrected chi connectivity index (χ0v) is 13.3. The van der Waals surface area contributed by atoms with Gasteiger partial charge in [0.2, 0.25) is 5.91 Å². The third kappa shape index (κ3) is 3.70. The van der Waals surface area contributed by atoms with Crippen molar-refractivity contribution in [3.05, 3.63) is 23.0 Å². The van der Waals surface area contributed by atoms with E-state index in [9.17, 15) is 9.59 Å². The molecule has 5 heteroatoms. The number of nitrogens with zero attached hydrogens (tertiary/aromatic N) is 2. The SMILES string of the molecule is CNC(=O)C(C)CN(C)CC(=O)c1cc(C)n(C)c1C. The van der Waals surface area contributed by atoms with Crippen molar-refractivity contribution in [1.82, 2.24) is 14.8 Å². The van der Waals surface area contributed by atoms with E-state index in [1.807, 2.05) is 50.4 Å². The van der Waals surface area contributed by atoms with Gasteiger partial charge in [-0.15, -0.1) is 0 Å². The molecule has 1 atom stereocenters. The molecule has 0 aliphatic carbocycles. The third-order valence-electron chi connectivity index (χ3n) is 3.77. The molecular formula is C15H25N3O2. The molecule has 1 amide bonds. The maximum Gasteiger partial charge on any atom is 0.223 e. The van der Waals surface area contributed by atoms with Crippen LogP contribution in [-0.2, 0) is 11.8 Å². The highest BCUT2D eigenvalue weighted by molar-refractivity contribution is 5.99. The highest BCUT2D eigenvalue weighted by Gasteiger charge is 2.18. The van der Waals surface area contributed by atoms with Crippen molar-refractivity contribution in [3.8, 4) is 0 Å². The van der Waals surface area contributed by atoms with Crippen LogP contribution in [0, 0.1) is 19.8 Å². The van der Waals surface area contributed by atoms with Crippen molar-refractivity contribution in [2.75, 3.05) is 27.2 Å². The van der Waals surface area contributed by atoms with E-state index in [0.29, 0.717) is 13.1 Å². The molecule has 0 fully saturated rings. The zero-order valence-electron chi connectivity index (χ0n) is 13.3. The predicted octanol–water partition coefficient (Wildman–Crippen LogP) is 1.14. The van der Waals surface area contributed by atoms with Crippen molar-refractivity contribution >= 4 is 11.7 Å². The summed E-state index contributed by atoms with van der Waals surface area (Å²) in [5.41, 5.74) is 2.83. The molecule has 0 saturated heterocycles. The summed E-state index contributed by atoms with van der Waals surface area (Å²) in [6.45, 7) is 6.69. The second-order valence-corrected chi connectivity index (χ2v) is 5.48. The van der Waals surface area contributed by atoms with Crippen LogP contribution in [0.15, 0.2) is 6.07 Å². The van der Waals surface area contributed by atoms with Crippen LogP contribution >= 0.6 is 0 Å². The summed E-state index contributed by atoms with van der Waals surface area (Å²) in [5.74, 6) is -0.0368. The third-order valence-corrected chi connectivity index (χ3v) is 3.77. The van der Waals surface area contributed by atoms with Gasteiger partial charge in [-0.05, 0) is 27.0 Å². The Labute approximate surface area is 120 Å². The molecule has 0 aromatic carbocycles. The Morgan fingerprint density at radius 2 is 2.00 bits per heavy atom. The van der Waals surface area contributed by atoms with Gasteiger partial charge in [-0.1, -0.05) is 6.92 Å². The number of amides is 1. The molecule has 1 heterocycles. The van der Waals surface area contributed by atoms with Crippen LogP contribution in [0.4, 0.5) is 0 Å². The molecule has 5 nitrogen and oxygen atoms in total. The fourth-order valence-corrected chi connectivity index (χ4v) is 2.33. The number of hydrogen-bond donors (Lipinski definition) is 1. The van der Waals surface area contributed by atoms with Gasteiger partial charge in [-0.2, -0.15) is 0 Å². The van der Waals surface area contributed by atoms with Crippen molar-refractivity contribution in [2.24, 2.45) is 13.0 Å². The Morgan fingerprint density at radius 3 is 2.45 bits per heavy atom. The molecule has 0 aliphatic heterocycles. The summed E-state index contributed by atoms with van der Waals surface area (Å²) in [7, 11) is 5.45. The fraction of sp³-hybridized carbons (Fsp3) is 0.600. The van der Waals surface area contributed by atoms with Crippen LogP contribution < -0.4 is 5.32 Å². The Bertz CT molecular complexity index is 505. The van der Waals surface area contributed by atoms with Crippen molar-refractivity contribution in [3.63, 3.8) is 0 Å². The van der Waals surface area contributed by atoms with E-state index in [1.54, 1.807) is 7.05 Å². The largest absolute Gasteiger partial charge is 0.359 e. The molecule has 1 aromatic rings. The molecule has 0 saturated carbocycles. The smallest absolute Gasteiger partial charge is 0.223 e. The average molecular weight is 279 g/mol. The van der Waals surface area contributed by atoms with Gasteiger partial charge >= 0.3 is 0 Å². The van der Waals surface area contributed by atoms with Crippen LogP contribution in [0.25, 0.3) is 0 Å². The monoisotopic (exact) mass is 279 g/mol. The Morgan fingerprint density at radius 1 is 1.40 bits per heavy atom. The van der Waals surface area contributed by atoms with Crippen molar-refractivity contribution in [2.45, 2.75) is 20.8 Å². The number of likely N-dealkylation sites (N-methyl/N-ethyl adjacent to an activating group) is 1. The van der Waals surface area contributed by atoms with Crippen molar-refractivity contribution < 1.29 is 9.59 Å². The Balaban J connectivity index is 2.66. The fourth-order valence-electron chi connectivity index (χ4n) is 2.33. The zero-order chi connectivity index (χ0) is 15.4. The van der Waals surface area contributed by atoms with Gasteiger partial charge in [-0.25, -0.2) is 0 Å². The minimum Gasteiger partial charge on any atom is -0.359 e.